The minimum absolute atomic E-state index is 0.0767. The van der Waals surface area contributed by atoms with Crippen LogP contribution in [-0.2, 0) is 11.4 Å². The van der Waals surface area contributed by atoms with Crippen LogP contribution in [0.15, 0.2) is 28.7 Å². The summed E-state index contributed by atoms with van der Waals surface area (Å²) in [5, 5.41) is 19.4. The monoisotopic (exact) mass is 283 g/mol. The Hall–Kier alpha value is -1.04. The number of phenolic OH excluding ortho intramolecular Hbond substituents is 1. The Labute approximate surface area is 117 Å². The molecule has 0 spiro atoms. The van der Waals surface area contributed by atoms with Crippen molar-refractivity contribution in [2.45, 2.75) is 45.0 Å². The average Bonchev–Trinajstić information content (AvgIpc) is 2.26. The summed E-state index contributed by atoms with van der Waals surface area (Å²) in [6, 6.07) is 6.73. The van der Waals surface area contributed by atoms with Crippen molar-refractivity contribution in [2.24, 2.45) is 4.40 Å². The van der Waals surface area contributed by atoms with Crippen LogP contribution >= 0.6 is 0 Å². The number of para-hydroxylation sites is 1. The Morgan fingerprint density at radius 1 is 1.37 bits per heavy atom. The first-order valence-electron chi connectivity index (χ1n) is 6.18. The van der Waals surface area contributed by atoms with Crippen LogP contribution in [0.2, 0.25) is 0 Å². The fourth-order valence-electron chi connectivity index (χ4n) is 1.43. The van der Waals surface area contributed by atoms with E-state index < -0.39 is 22.2 Å². The van der Waals surface area contributed by atoms with Gasteiger partial charge in [-0.25, -0.2) is 0 Å². The van der Waals surface area contributed by atoms with Crippen molar-refractivity contribution in [3.05, 3.63) is 29.8 Å². The molecule has 0 bridgehead atoms. The molecule has 0 aliphatic heterocycles. The molecule has 0 fully saturated rings. The van der Waals surface area contributed by atoms with Crippen molar-refractivity contribution in [1.29, 1.82) is 0 Å². The van der Waals surface area contributed by atoms with Crippen LogP contribution in [0.5, 0.6) is 5.75 Å². The molecule has 0 saturated carbocycles. The number of hydrogen-bond acceptors (Lipinski definition) is 4. The molecular formula is C14H21NO3S. The maximum absolute atomic E-state index is 12.1. The lowest BCUT2D eigenvalue weighted by atomic mass is 10.0. The lowest BCUT2D eigenvalue weighted by Gasteiger charge is -2.20. The van der Waals surface area contributed by atoms with E-state index in [0.29, 0.717) is 11.3 Å². The van der Waals surface area contributed by atoms with Gasteiger partial charge in [-0.05, 0) is 39.8 Å². The molecule has 0 radical (unpaired) electrons. The zero-order valence-electron chi connectivity index (χ0n) is 11.8. The molecule has 19 heavy (non-hydrogen) atoms. The maximum atomic E-state index is 12.1. The fourth-order valence-corrected chi connectivity index (χ4v) is 2.08. The maximum Gasteiger partial charge on any atom is 0.144 e. The van der Waals surface area contributed by atoms with Crippen molar-refractivity contribution >= 4 is 17.1 Å². The van der Waals surface area contributed by atoms with Crippen LogP contribution in [0.3, 0.4) is 0 Å². The zero-order chi connectivity index (χ0) is 14.6. The molecule has 0 amide bonds. The highest BCUT2D eigenvalue weighted by Gasteiger charge is 2.28. The highest BCUT2D eigenvalue weighted by Crippen LogP contribution is 2.23. The molecule has 1 rings (SSSR count). The minimum Gasteiger partial charge on any atom is -0.591 e. The largest absolute Gasteiger partial charge is 0.591 e. The molecule has 0 saturated heterocycles. The molecule has 0 heterocycles. The van der Waals surface area contributed by atoms with Crippen LogP contribution in [0.4, 0.5) is 0 Å². The number of benzene rings is 1. The van der Waals surface area contributed by atoms with Crippen LogP contribution < -0.4 is 0 Å². The number of aliphatic hydroxyl groups excluding tert-OH is 1. The summed E-state index contributed by atoms with van der Waals surface area (Å²) in [6.07, 6.45) is -0.366. The fraction of sp³-hybridized carbons (Fsp3) is 0.500. The quantitative estimate of drug-likeness (QED) is 0.658. The molecule has 0 aromatic heterocycles. The molecule has 4 nitrogen and oxygen atoms in total. The first-order valence-corrected chi connectivity index (χ1v) is 7.28. The molecule has 0 aliphatic rings. The second-order valence-electron chi connectivity index (χ2n) is 5.47. The van der Waals surface area contributed by atoms with Gasteiger partial charge in [0.15, 0.2) is 0 Å². The summed E-state index contributed by atoms with van der Waals surface area (Å²) in [6.45, 7) is 7.13. The standard InChI is InChI=1S/C14H21NO3S/c1-10(16)9-12(15-19(18)14(2,3)4)11-7-5-6-8-13(11)17/h5-8,10,16-17H,9H2,1-4H3/t10-,19?/m0/s1. The van der Waals surface area contributed by atoms with Crippen LogP contribution in [0, 0.1) is 0 Å². The Morgan fingerprint density at radius 2 is 1.95 bits per heavy atom. The van der Waals surface area contributed by atoms with Crippen LogP contribution in [-0.4, -0.2) is 31.3 Å². The normalized spacial score (nSPS) is 16.2. The Bertz CT molecular complexity index is 452. The molecule has 1 aromatic carbocycles. The summed E-state index contributed by atoms with van der Waals surface area (Å²) in [7, 11) is 0. The number of rotatable bonds is 4. The Balaban J connectivity index is 3.16. The van der Waals surface area contributed by atoms with Crippen molar-refractivity contribution in [3.63, 3.8) is 0 Å². The number of phenols is 1. The van der Waals surface area contributed by atoms with E-state index in [2.05, 4.69) is 4.40 Å². The third kappa shape index (κ3) is 4.86. The number of aromatic hydroxyl groups is 1. The SMILES string of the molecule is C[C@H](O)CC(=N[S+]([O-])C(C)(C)C)c1ccccc1O. The summed E-state index contributed by atoms with van der Waals surface area (Å²) >= 11 is -1.43. The van der Waals surface area contributed by atoms with Gasteiger partial charge in [0.2, 0.25) is 0 Å². The molecule has 1 aromatic rings. The second-order valence-corrected chi connectivity index (χ2v) is 7.38. The minimum atomic E-state index is -1.43. The van der Waals surface area contributed by atoms with Crippen molar-refractivity contribution in [1.82, 2.24) is 0 Å². The van der Waals surface area contributed by atoms with E-state index in [9.17, 15) is 14.8 Å². The second kappa shape index (κ2) is 6.41. The van der Waals surface area contributed by atoms with E-state index in [1.165, 1.54) is 0 Å². The van der Waals surface area contributed by atoms with Gasteiger partial charge in [0.25, 0.3) is 0 Å². The summed E-state index contributed by atoms with van der Waals surface area (Å²) in [4.78, 5) is 0. The van der Waals surface area contributed by atoms with E-state index >= 15 is 0 Å². The van der Waals surface area contributed by atoms with E-state index in [-0.39, 0.29) is 12.2 Å². The lowest BCUT2D eigenvalue weighted by molar-refractivity contribution is 0.203. The predicted molar refractivity (Wildman–Crippen MR) is 78.8 cm³/mol. The highest BCUT2D eigenvalue weighted by atomic mass is 32.2. The molecular weight excluding hydrogens is 262 g/mol. The summed E-state index contributed by atoms with van der Waals surface area (Å²) < 4.78 is 15.8. The number of hydrogen-bond donors (Lipinski definition) is 2. The third-order valence-corrected chi connectivity index (χ3v) is 3.85. The Kier molecular flexibility index (Phi) is 5.40. The van der Waals surface area contributed by atoms with Gasteiger partial charge in [-0.15, -0.1) is 0 Å². The van der Waals surface area contributed by atoms with Gasteiger partial charge in [0.05, 0.1) is 6.10 Å². The number of aliphatic hydroxyl groups is 1. The first-order chi connectivity index (χ1) is 8.71. The summed E-state index contributed by atoms with van der Waals surface area (Å²) in [5.74, 6) is 0.0767. The van der Waals surface area contributed by atoms with E-state index in [1.807, 2.05) is 20.8 Å². The molecule has 1 unspecified atom stereocenters. The van der Waals surface area contributed by atoms with E-state index in [4.69, 9.17) is 0 Å². The van der Waals surface area contributed by atoms with E-state index in [0.717, 1.165) is 0 Å². The summed E-state index contributed by atoms with van der Waals surface area (Å²) in [5.41, 5.74) is 0.974. The van der Waals surface area contributed by atoms with Gasteiger partial charge in [-0.1, -0.05) is 16.5 Å². The highest BCUT2D eigenvalue weighted by molar-refractivity contribution is 7.91. The number of nitrogens with zero attached hydrogens (tertiary/aromatic N) is 1. The molecule has 2 atom stereocenters. The Morgan fingerprint density at radius 3 is 2.42 bits per heavy atom. The van der Waals surface area contributed by atoms with Crippen molar-refractivity contribution in [3.8, 4) is 5.75 Å². The molecule has 2 N–H and O–H groups in total. The van der Waals surface area contributed by atoms with Gasteiger partial charge < -0.3 is 14.8 Å². The predicted octanol–water partition coefficient (Wildman–Crippen LogP) is 2.41. The van der Waals surface area contributed by atoms with Crippen LogP contribution in [0.1, 0.15) is 39.7 Å². The first kappa shape index (κ1) is 16.0. The van der Waals surface area contributed by atoms with Gasteiger partial charge in [-0.2, -0.15) is 0 Å². The molecule has 106 valence electrons. The third-order valence-electron chi connectivity index (χ3n) is 2.42. The van der Waals surface area contributed by atoms with Crippen molar-refractivity contribution in [2.75, 3.05) is 0 Å². The van der Waals surface area contributed by atoms with Gasteiger partial charge in [0.1, 0.15) is 27.6 Å². The smallest absolute Gasteiger partial charge is 0.144 e. The lowest BCUT2D eigenvalue weighted by Crippen LogP contribution is -2.27. The van der Waals surface area contributed by atoms with Gasteiger partial charge in [-0.3, -0.25) is 0 Å². The molecule has 5 heteroatoms. The molecule has 0 aliphatic carbocycles. The average molecular weight is 283 g/mol. The van der Waals surface area contributed by atoms with E-state index in [1.54, 1.807) is 31.2 Å². The van der Waals surface area contributed by atoms with Gasteiger partial charge >= 0.3 is 0 Å². The zero-order valence-corrected chi connectivity index (χ0v) is 12.6. The van der Waals surface area contributed by atoms with Crippen LogP contribution in [0.25, 0.3) is 0 Å². The van der Waals surface area contributed by atoms with Crippen molar-refractivity contribution < 1.29 is 14.8 Å². The topological polar surface area (TPSA) is 75.9 Å². The van der Waals surface area contributed by atoms with Gasteiger partial charge in [0, 0.05) is 12.0 Å².